The number of halogens is 1. The van der Waals surface area contributed by atoms with Gasteiger partial charge in [-0.1, -0.05) is 42.5 Å². The molecule has 2 aromatic heterocycles. The van der Waals surface area contributed by atoms with E-state index in [9.17, 15) is 13.2 Å². The molecule has 0 saturated heterocycles. The lowest BCUT2D eigenvalue weighted by Crippen LogP contribution is -2.16. The van der Waals surface area contributed by atoms with Gasteiger partial charge in [0.15, 0.2) is 6.29 Å². The number of nitrogens with two attached hydrogens (primary N) is 1. The number of nitrogens with zero attached hydrogens (tertiary/aromatic N) is 2. The molecule has 2 N–H and O–H groups in total. The van der Waals surface area contributed by atoms with E-state index in [1.807, 2.05) is 18.2 Å². The monoisotopic (exact) mass is 417 g/mol. The highest BCUT2D eigenvalue weighted by Crippen LogP contribution is 2.27. The van der Waals surface area contributed by atoms with Crippen molar-refractivity contribution in [1.82, 2.24) is 8.96 Å². The summed E-state index contributed by atoms with van der Waals surface area (Å²) < 4.78 is 26.9. The van der Waals surface area contributed by atoms with Crippen molar-refractivity contribution in [2.45, 2.75) is 6.54 Å². The Morgan fingerprint density at radius 2 is 1.89 bits per heavy atom. The van der Waals surface area contributed by atoms with Crippen molar-refractivity contribution in [3.8, 4) is 11.3 Å². The van der Waals surface area contributed by atoms with E-state index >= 15 is 0 Å². The summed E-state index contributed by atoms with van der Waals surface area (Å²) in [5.41, 5.74) is 8.80. The van der Waals surface area contributed by atoms with Gasteiger partial charge in [0.05, 0.1) is 11.4 Å². The van der Waals surface area contributed by atoms with Crippen molar-refractivity contribution in [2.24, 2.45) is 5.73 Å². The quantitative estimate of drug-likeness (QED) is 0.596. The largest absolute Gasteiger partial charge is 0.326 e. The Hall–Kier alpha value is -2.74. The third-order valence-corrected chi connectivity index (χ3v) is 5.57. The SMILES string of the molecule is Cl.NCc1ccccc1-c1cc(C=O)cn1S(=O)(=O)CC=Cc1cccnc1. The van der Waals surface area contributed by atoms with Gasteiger partial charge in [-0.05, 0) is 23.3 Å². The van der Waals surface area contributed by atoms with Crippen LogP contribution in [0.4, 0.5) is 0 Å². The van der Waals surface area contributed by atoms with Gasteiger partial charge >= 0.3 is 0 Å². The molecule has 0 fully saturated rings. The number of carbonyl (C=O) groups is 1. The molecular weight excluding hydrogens is 398 g/mol. The zero-order valence-corrected chi connectivity index (χ0v) is 16.6. The minimum atomic E-state index is -3.71. The fourth-order valence-electron chi connectivity index (χ4n) is 2.76. The number of rotatable bonds is 7. The smallest absolute Gasteiger partial charge is 0.242 e. The number of aromatic nitrogens is 2. The molecule has 0 radical (unpaired) electrons. The average molecular weight is 418 g/mol. The van der Waals surface area contributed by atoms with E-state index in [1.54, 1.807) is 48.8 Å². The van der Waals surface area contributed by atoms with Gasteiger partial charge < -0.3 is 5.73 Å². The molecule has 0 unspecified atom stereocenters. The van der Waals surface area contributed by atoms with Crippen LogP contribution < -0.4 is 5.73 Å². The zero-order chi connectivity index (χ0) is 19.3. The predicted octanol–water partition coefficient (Wildman–Crippen LogP) is 3.13. The first-order valence-electron chi connectivity index (χ1n) is 8.31. The summed E-state index contributed by atoms with van der Waals surface area (Å²) in [6.07, 6.45) is 8.52. The van der Waals surface area contributed by atoms with Gasteiger partial charge in [-0.15, -0.1) is 12.4 Å². The molecule has 2 heterocycles. The Kier molecular flexibility index (Phi) is 7.28. The molecule has 0 bridgehead atoms. The number of hydrogen-bond acceptors (Lipinski definition) is 5. The highest BCUT2D eigenvalue weighted by atomic mass is 35.5. The van der Waals surface area contributed by atoms with Crippen LogP contribution in [0.25, 0.3) is 17.3 Å². The van der Waals surface area contributed by atoms with Gasteiger partial charge in [-0.3, -0.25) is 9.78 Å². The van der Waals surface area contributed by atoms with Gasteiger partial charge in [0.2, 0.25) is 10.0 Å². The number of benzene rings is 1. The van der Waals surface area contributed by atoms with E-state index in [4.69, 9.17) is 5.73 Å². The molecule has 3 aromatic rings. The number of carbonyl (C=O) groups excluding carboxylic acids is 1. The van der Waals surface area contributed by atoms with Crippen molar-refractivity contribution in [2.75, 3.05) is 5.75 Å². The predicted molar refractivity (Wildman–Crippen MR) is 113 cm³/mol. The van der Waals surface area contributed by atoms with E-state index in [1.165, 1.54) is 6.20 Å². The van der Waals surface area contributed by atoms with Crippen LogP contribution in [0.5, 0.6) is 0 Å². The van der Waals surface area contributed by atoms with Crippen molar-refractivity contribution in [1.29, 1.82) is 0 Å². The van der Waals surface area contributed by atoms with Gasteiger partial charge in [0, 0.05) is 36.3 Å². The molecule has 28 heavy (non-hydrogen) atoms. The van der Waals surface area contributed by atoms with Crippen LogP contribution >= 0.6 is 12.4 Å². The molecule has 8 heteroatoms. The molecule has 146 valence electrons. The van der Waals surface area contributed by atoms with Crippen LogP contribution in [-0.4, -0.2) is 29.4 Å². The van der Waals surface area contributed by atoms with Crippen LogP contribution in [0.1, 0.15) is 21.5 Å². The van der Waals surface area contributed by atoms with Crippen LogP contribution in [-0.2, 0) is 16.6 Å². The molecule has 0 spiro atoms. The molecule has 0 atom stereocenters. The van der Waals surface area contributed by atoms with E-state index in [2.05, 4.69) is 4.98 Å². The number of hydrogen-bond donors (Lipinski definition) is 1. The fraction of sp³-hybridized carbons (Fsp3) is 0.100. The zero-order valence-electron chi connectivity index (χ0n) is 14.9. The van der Waals surface area contributed by atoms with Crippen molar-refractivity contribution in [3.05, 3.63) is 83.8 Å². The van der Waals surface area contributed by atoms with Gasteiger partial charge in [-0.2, -0.15) is 0 Å². The van der Waals surface area contributed by atoms with Crippen LogP contribution in [0.2, 0.25) is 0 Å². The molecule has 6 nitrogen and oxygen atoms in total. The molecule has 1 aromatic carbocycles. The lowest BCUT2D eigenvalue weighted by Gasteiger charge is -2.12. The summed E-state index contributed by atoms with van der Waals surface area (Å²) in [4.78, 5) is 15.2. The van der Waals surface area contributed by atoms with Crippen LogP contribution in [0.15, 0.2) is 67.1 Å². The number of pyridine rings is 1. The Labute approximate surface area is 170 Å². The van der Waals surface area contributed by atoms with E-state index < -0.39 is 10.0 Å². The van der Waals surface area contributed by atoms with Crippen molar-refractivity contribution < 1.29 is 13.2 Å². The molecule has 0 aliphatic carbocycles. The summed E-state index contributed by atoms with van der Waals surface area (Å²) >= 11 is 0. The maximum Gasteiger partial charge on any atom is 0.242 e. The topological polar surface area (TPSA) is 95.0 Å². The Morgan fingerprint density at radius 3 is 2.57 bits per heavy atom. The van der Waals surface area contributed by atoms with E-state index in [0.29, 0.717) is 17.5 Å². The Bertz CT molecular complexity index is 1080. The van der Waals surface area contributed by atoms with E-state index in [0.717, 1.165) is 15.1 Å². The first-order chi connectivity index (χ1) is 13.0. The molecule has 0 saturated carbocycles. The van der Waals surface area contributed by atoms with Crippen LogP contribution in [0, 0.1) is 0 Å². The third kappa shape index (κ3) is 4.75. The second-order valence-electron chi connectivity index (χ2n) is 5.90. The molecule has 0 amide bonds. The summed E-state index contributed by atoms with van der Waals surface area (Å²) in [6.45, 7) is 0.263. The third-order valence-electron chi connectivity index (χ3n) is 4.06. The second kappa shape index (κ2) is 9.45. The maximum absolute atomic E-state index is 12.9. The maximum atomic E-state index is 12.9. The lowest BCUT2D eigenvalue weighted by atomic mass is 10.0. The molecular formula is C20H20ClN3O3S. The molecule has 0 aliphatic rings. The summed E-state index contributed by atoms with van der Waals surface area (Å²) in [5, 5.41) is 0. The van der Waals surface area contributed by atoms with Crippen molar-refractivity contribution in [3.63, 3.8) is 0 Å². The normalized spacial score (nSPS) is 11.3. The average Bonchev–Trinajstić information content (AvgIpc) is 3.14. The molecule has 0 aliphatic heterocycles. The first-order valence-corrected chi connectivity index (χ1v) is 9.92. The first kappa shape index (κ1) is 21.6. The minimum Gasteiger partial charge on any atom is -0.326 e. The number of aldehydes is 1. The highest BCUT2D eigenvalue weighted by Gasteiger charge is 2.19. The lowest BCUT2D eigenvalue weighted by molar-refractivity contribution is 0.112. The van der Waals surface area contributed by atoms with Gasteiger partial charge in [0.1, 0.15) is 0 Å². The summed E-state index contributed by atoms with van der Waals surface area (Å²) in [7, 11) is -3.71. The standard InChI is InChI=1S/C20H19N3O3S.ClH/c21-12-18-7-1-2-8-19(18)20-11-17(15-24)14-23(20)27(25,26)10-4-6-16-5-3-9-22-13-16;/h1-9,11,13-15H,10,12,21H2;1H. The Balaban J connectivity index is 0.00000280. The molecule has 3 rings (SSSR count). The van der Waals surface area contributed by atoms with Crippen molar-refractivity contribution >= 4 is 34.8 Å². The summed E-state index contributed by atoms with van der Waals surface area (Å²) in [6, 6.07) is 12.4. The van der Waals surface area contributed by atoms with Crippen LogP contribution in [0.3, 0.4) is 0 Å². The highest BCUT2D eigenvalue weighted by molar-refractivity contribution is 7.90. The fourth-order valence-corrected chi connectivity index (χ4v) is 4.00. The summed E-state index contributed by atoms with van der Waals surface area (Å²) in [5.74, 6) is -0.216. The second-order valence-corrected chi connectivity index (χ2v) is 7.79. The Morgan fingerprint density at radius 1 is 1.11 bits per heavy atom. The minimum absolute atomic E-state index is 0. The van der Waals surface area contributed by atoms with E-state index in [-0.39, 0.29) is 30.3 Å². The van der Waals surface area contributed by atoms with Gasteiger partial charge in [-0.25, -0.2) is 12.4 Å². The van der Waals surface area contributed by atoms with Gasteiger partial charge in [0.25, 0.3) is 0 Å².